The number of benzene rings is 1. The van der Waals surface area contributed by atoms with Gasteiger partial charge >= 0.3 is 0 Å². The van der Waals surface area contributed by atoms with E-state index in [-0.39, 0.29) is 10.6 Å². The fourth-order valence-corrected chi connectivity index (χ4v) is 2.34. The van der Waals surface area contributed by atoms with E-state index in [9.17, 15) is 4.79 Å². The Kier molecular flexibility index (Phi) is 5.76. The first-order valence-electron chi connectivity index (χ1n) is 7.42. The largest absolute Gasteiger partial charge is 0.372 e. The first-order chi connectivity index (χ1) is 11.1. The Balaban J connectivity index is 2.07. The zero-order valence-electron chi connectivity index (χ0n) is 13.5. The molecule has 0 spiro atoms. The summed E-state index contributed by atoms with van der Waals surface area (Å²) in [4.78, 5) is 13.9. The van der Waals surface area contributed by atoms with Gasteiger partial charge in [0.25, 0.3) is 5.56 Å². The molecule has 0 unspecified atom stereocenters. The van der Waals surface area contributed by atoms with Crippen LogP contribution in [0.2, 0.25) is 5.02 Å². The highest BCUT2D eigenvalue weighted by atomic mass is 35.5. The number of nitrogens with zero attached hydrogens (tertiary/aromatic N) is 4. The second kappa shape index (κ2) is 7.78. The molecule has 0 aliphatic rings. The van der Waals surface area contributed by atoms with Crippen molar-refractivity contribution in [1.29, 1.82) is 0 Å². The molecule has 0 amide bonds. The maximum Gasteiger partial charge on any atom is 0.287 e. The Hall–Kier alpha value is -2.34. The van der Waals surface area contributed by atoms with Gasteiger partial charge in [-0.1, -0.05) is 23.7 Å². The molecule has 122 valence electrons. The molecule has 0 aliphatic heterocycles. The minimum atomic E-state index is -0.365. The van der Waals surface area contributed by atoms with E-state index in [1.165, 1.54) is 16.6 Å². The predicted octanol–water partition coefficient (Wildman–Crippen LogP) is 2.73. The number of aryl methyl sites for hydroxylation is 1. The molecule has 1 aromatic heterocycles. The van der Waals surface area contributed by atoms with Gasteiger partial charge in [-0.05, 0) is 31.5 Å². The van der Waals surface area contributed by atoms with Crippen LogP contribution in [0, 0.1) is 0 Å². The lowest BCUT2D eigenvalue weighted by molar-refractivity contribution is 0.708. The molecule has 6 nitrogen and oxygen atoms in total. The summed E-state index contributed by atoms with van der Waals surface area (Å²) in [5.74, 6) is 0. The van der Waals surface area contributed by atoms with Gasteiger partial charge in [-0.25, -0.2) is 4.68 Å². The lowest BCUT2D eigenvalue weighted by Gasteiger charge is -2.20. The minimum absolute atomic E-state index is 0.0662. The first kappa shape index (κ1) is 17.0. The Morgan fingerprint density at radius 2 is 1.96 bits per heavy atom. The Labute approximate surface area is 140 Å². The van der Waals surface area contributed by atoms with Crippen LogP contribution >= 0.6 is 11.6 Å². The smallest absolute Gasteiger partial charge is 0.287 e. The molecule has 2 rings (SSSR count). The molecule has 1 heterocycles. The average Bonchev–Trinajstić information content (AvgIpc) is 2.57. The third-order valence-corrected chi connectivity index (χ3v) is 3.86. The number of nitrogens with one attached hydrogen (secondary N) is 1. The zero-order chi connectivity index (χ0) is 16.8. The van der Waals surface area contributed by atoms with E-state index in [0.717, 1.165) is 18.7 Å². The van der Waals surface area contributed by atoms with Crippen molar-refractivity contribution in [2.45, 2.75) is 13.8 Å². The summed E-state index contributed by atoms with van der Waals surface area (Å²) in [5.41, 5.74) is 4.88. The molecule has 0 atom stereocenters. The lowest BCUT2D eigenvalue weighted by atomic mass is 10.2. The summed E-state index contributed by atoms with van der Waals surface area (Å²) in [6.45, 7) is 6.20. The first-order valence-corrected chi connectivity index (χ1v) is 7.80. The standard InChI is InChI=1S/C16H20ClN5O/c1-4-22(5-2)13-8-6-12(7-9-13)10-18-20-14-11-19-21(3)16(23)15(14)17/h6-11,20H,4-5H2,1-3H3/b18-10-. The molecule has 0 saturated carbocycles. The van der Waals surface area contributed by atoms with Crippen LogP contribution in [-0.4, -0.2) is 29.1 Å². The number of hydrogen-bond acceptors (Lipinski definition) is 5. The molecule has 1 aromatic carbocycles. The van der Waals surface area contributed by atoms with Crippen LogP contribution in [0.3, 0.4) is 0 Å². The van der Waals surface area contributed by atoms with E-state index in [4.69, 9.17) is 11.6 Å². The minimum Gasteiger partial charge on any atom is -0.372 e. The van der Waals surface area contributed by atoms with E-state index in [1.807, 2.05) is 12.1 Å². The van der Waals surface area contributed by atoms with Crippen molar-refractivity contribution in [3.8, 4) is 0 Å². The molecular formula is C16H20ClN5O. The van der Waals surface area contributed by atoms with Gasteiger partial charge in [0.1, 0.15) is 10.7 Å². The van der Waals surface area contributed by atoms with E-state index in [0.29, 0.717) is 5.69 Å². The quantitative estimate of drug-likeness (QED) is 0.652. The van der Waals surface area contributed by atoms with E-state index in [2.05, 4.69) is 46.5 Å². The van der Waals surface area contributed by atoms with Crippen LogP contribution in [0.15, 0.2) is 40.4 Å². The Bertz CT molecular complexity index is 735. The summed E-state index contributed by atoms with van der Waals surface area (Å²) in [6, 6.07) is 8.09. The second-order valence-corrected chi connectivity index (χ2v) is 5.31. The molecule has 7 heteroatoms. The fraction of sp³-hybridized carbons (Fsp3) is 0.312. The Morgan fingerprint density at radius 3 is 2.57 bits per heavy atom. The van der Waals surface area contributed by atoms with Crippen molar-refractivity contribution in [1.82, 2.24) is 9.78 Å². The molecule has 0 radical (unpaired) electrons. The van der Waals surface area contributed by atoms with Gasteiger partial charge in [0.05, 0.1) is 12.4 Å². The lowest BCUT2D eigenvalue weighted by Crippen LogP contribution is -2.21. The van der Waals surface area contributed by atoms with Crippen LogP contribution in [0.5, 0.6) is 0 Å². The topological polar surface area (TPSA) is 62.5 Å². The van der Waals surface area contributed by atoms with Gasteiger partial charge in [-0.3, -0.25) is 10.2 Å². The van der Waals surface area contributed by atoms with Gasteiger partial charge in [-0.15, -0.1) is 0 Å². The number of halogens is 1. The van der Waals surface area contributed by atoms with Crippen molar-refractivity contribution in [3.63, 3.8) is 0 Å². The predicted molar refractivity (Wildman–Crippen MR) is 95.7 cm³/mol. The summed E-state index contributed by atoms with van der Waals surface area (Å²) in [7, 11) is 1.54. The molecular weight excluding hydrogens is 314 g/mol. The van der Waals surface area contributed by atoms with E-state index >= 15 is 0 Å². The second-order valence-electron chi connectivity index (χ2n) is 4.93. The molecule has 0 bridgehead atoms. The summed E-state index contributed by atoms with van der Waals surface area (Å²) in [6.07, 6.45) is 3.13. The van der Waals surface area contributed by atoms with E-state index in [1.54, 1.807) is 13.3 Å². The number of rotatable bonds is 6. The molecule has 2 aromatic rings. The third-order valence-electron chi connectivity index (χ3n) is 3.50. The monoisotopic (exact) mass is 333 g/mol. The van der Waals surface area contributed by atoms with E-state index < -0.39 is 0 Å². The van der Waals surface area contributed by atoms with Crippen molar-refractivity contribution >= 4 is 29.2 Å². The van der Waals surface area contributed by atoms with Crippen LogP contribution in [0.25, 0.3) is 0 Å². The summed E-state index contributed by atoms with van der Waals surface area (Å²) >= 11 is 5.95. The fourth-order valence-electron chi connectivity index (χ4n) is 2.12. The van der Waals surface area contributed by atoms with Gasteiger partial charge < -0.3 is 4.90 Å². The number of hydrogen-bond donors (Lipinski definition) is 1. The third kappa shape index (κ3) is 4.10. The van der Waals surface area contributed by atoms with Crippen LogP contribution < -0.4 is 15.9 Å². The van der Waals surface area contributed by atoms with Crippen LogP contribution in [-0.2, 0) is 7.05 Å². The van der Waals surface area contributed by atoms with Crippen molar-refractivity contribution in [2.75, 3.05) is 23.4 Å². The molecule has 0 aliphatic carbocycles. The maximum atomic E-state index is 11.7. The maximum absolute atomic E-state index is 11.7. The van der Waals surface area contributed by atoms with Crippen molar-refractivity contribution < 1.29 is 0 Å². The van der Waals surface area contributed by atoms with Gasteiger partial charge in [0.2, 0.25) is 0 Å². The Morgan fingerprint density at radius 1 is 1.30 bits per heavy atom. The number of aromatic nitrogens is 2. The zero-order valence-corrected chi connectivity index (χ0v) is 14.2. The van der Waals surface area contributed by atoms with Gasteiger partial charge in [-0.2, -0.15) is 10.2 Å². The molecule has 1 N–H and O–H groups in total. The molecule has 23 heavy (non-hydrogen) atoms. The number of hydrazone groups is 1. The summed E-state index contributed by atoms with van der Waals surface area (Å²) in [5, 5.41) is 8.06. The highest BCUT2D eigenvalue weighted by Crippen LogP contribution is 2.16. The highest BCUT2D eigenvalue weighted by molar-refractivity contribution is 6.32. The molecule has 0 fully saturated rings. The highest BCUT2D eigenvalue weighted by Gasteiger charge is 2.06. The van der Waals surface area contributed by atoms with Crippen molar-refractivity contribution in [2.24, 2.45) is 12.1 Å². The van der Waals surface area contributed by atoms with Crippen LogP contribution in [0.4, 0.5) is 11.4 Å². The SMILES string of the molecule is CCN(CC)c1ccc(/C=N\Nc2cnn(C)c(=O)c2Cl)cc1. The normalized spacial score (nSPS) is 11.0. The number of anilines is 2. The van der Waals surface area contributed by atoms with Gasteiger partial charge in [0, 0.05) is 25.8 Å². The summed E-state index contributed by atoms with van der Waals surface area (Å²) < 4.78 is 1.17. The molecule has 0 saturated heterocycles. The van der Waals surface area contributed by atoms with Crippen molar-refractivity contribution in [3.05, 3.63) is 51.4 Å². The van der Waals surface area contributed by atoms with Crippen LogP contribution in [0.1, 0.15) is 19.4 Å². The van der Waals surface area contributed by atoms with Gasteiger partial charge in [0.15, 0.2) is 0 Å². The average molecular weight is 334 g/mol.